The van der Waals surface area contributed by atoms with Gasteiger partial charge in [0.25, 0.3) is 0 Å². The van der Waals surface area contributed by atoms with Crippen LogP contribution in [-0.2, 0) is 14.8 Å². The van der Waals surface area contributed by atoms with Gasteiger partial charge < -0.3 is 10.6 Å². The second kappa shape index (κ2) is 8.48. The van der Waals surface area contributed by atoms with E-state index in [9.17, 15) is 13.2 Å². The van der Waals surface area contributed by atoms with Gasteiger partial charge in [-0.05, 0) is 62.9 Å². The lowest BCUT2D eigenvalue weighted by atomic mass is 10.0. The van der Waals surface area contributed by atoms with Gasteiger partial charge in [0.1, 0.15) is 0 Å². The average molecular weight is 353 g/mol. The van der Waals surface area contributed by atoms with Gasteiger partial charge in [-0.25, -0.2) is 8.42 Å². The van der Waals surface area contributed by atoms with E-state index in [1.807, 2.05) is 6.92 Å². The molecule has 1 aromatic carbocycles. The fourth-order valence-corrected chi connectivity index (χ4v) is 4.07. The highest BCUT2D eigenvalue weighted by Crippen LogP contribution is 2.25. The van der Waals surface area contributed by atoms with E-state index < -0.39 is 10.0 Å². The molecule has 3 N–H and O–H groups in total. The van der Waals surface area contributed by atoms with Crippen LogP contribution in [0.25, 0.3) is 0 Å². The van der Waals surface area contributed by atoms with E-state index in [4.69, 9.17) is 0 Å². The summed E-state index contributed by atoms with van der Waals surface area (Å²) in [6, 6.07) is 5.25. The number of sulfonamides is 1. The molecule has 1 unspecified atom stereocenters. The zero-order valence-electron chi connectivity index (χ0n) is 14.4. The van der Waals surface area contributed by atoms with E-state index in [0.717, 1.165) is 31.5 Å². The molecule has 1 amide bonds. The van der Waals surface area contributed by atoms with Crippen molar-refractivity contribution in [3.05, 3.63) is 23.8 Å². The first-order valence-electron chi connectivity index (χ1n) is 8.52. The molecule has 1 aromatic rings. The number of amides is 1. The zero-order valence-corrected chi connectivity index (χ0v) is 15.2. The van der Waals surface area contributed by atoms with Gasteiger partial charge in [0.15, 0.2) is 0 Å². The van der Waals surface area contributed by atoms with Crippen molar-refractivity contribution in [2.45, 2.75) is 39.5 Å². The highest BCUT2D eigenvalue weighted by Gasteiger charge is 2.17. The number of hydrogen-bond acceptors (Lipinski definition) is 4. The normalized spacial score (nSPS) is 17.7. The maximum absolute atomic E-state index is 12.2. The zero-order chi connectivity index (χ0) is 17.6. The predicted molar refractivity (Wildman–Crippen MR) is 97.7 cm³/mol. The number of rotatable bonds is 8. The first-order valence-corrected chi connectivity index (χ1v) is 10.2. The third-order valence-electron chi connectivity index (χ3n) is 4.29. The molecule has 1 heterocycles. The van der Waals surface area contributed by atoms with Gasteiger partial charge in [-0.3, -0.25) is 9.52 Å². The predicted octanol–water partition coefficient (Wildman–Crippen LogP) is 2.47. The molecule has 7 heteroatoms. The van der Waals surface area contributed by atoms with Crippen LogP contribution in [0.15, 0.2) is 18.2 Å². The number of anilines is 2. The third kappa shape index (κ3) is 5.49. The largest absolute Gasteiger partial charge is 0.326 e. The molecule has 0 saturated carbocycles. The van der Waals surface area contributed by atoms with Gasteiger partial charge in [-0.15, -0.1) is 0 Å². The maximum Gasteiger partial charge on any atom is 0.232 e. The van der Waals surface area contributed by atoms with Crippen molar-refractivity contribution in [1.82, 2.24) is 5.32 Å². The Morgan fingerprint density at radius 2 is 2.08 bits per heavy atom. The molecule has 0 aliphatic carbocycles. The molecule has 24 heavy (non-hydrogen) atoms. The van der Waals surface area contributed by atoms with E-state index >= 15 is 0 Å². The molecule has 1 fully saturated rings. The van der Waals surface area contributed by atoms with Gasteiger partial charge >= 0.3 is 0 Å². The fraction of sp³-hybridized carbons (Fsp3) is 0.588. The lowest BCUT2D eigenvalue weighted by molar-refractivity contribution is -0.116. The van der Waals surface area contributed by atoms with Crippen LogP contribution in [0.1, 0.15) is 38.2 Å². The molecular weight excluding hydrogens is 326 g/mol. The fourth-order valence-electron chi connectivity index (χ4n) is 2.88. The lowest BCUT2D eigenvalue weighted by Crippen LogP contribution is -2.18. The molecule has 0 radical (unpaired) electrons. The minimum atomic E-state index is -3.34. The Labute approximate surface area is 144 Å². The van der Waals surface area contributed by atoms with Crippen molar-refractivity contribution < 1.29 is 13.2 Å². The van der Waals surface area contributed by atoms with Gasteiger partial charge in [-0.1, -0.05) is 13.0 Å². The Kier molecular flexibility index (Phi) is 6.62. The summed E-state index contributed by atoms with van der Waals surface area (Å²) in [6.07, 6.45) is 3.04. The van der Waals surface area contributed by atoms with Crippen LogP contribution in [-0.4, -0.2) is 33.2 Å². The van der Waals surface area contributed by atoms with E-state index in [-0.39, 0.29) is 11.7 Å². The van der Waals surface area contributed by atoms with Crippen LogP contribution in [0.2, 0.25) is 0 Å². The average Bonchev–Trinajstić information content (AvgIpc) is 3.02. The molecule has 1 saturated heterocycles. The van der Waals surface area contributed by atoms with Crippen molar-refractivity contribution in [3.8, 4) is 0 Å². The van der Waals surface area contributed by atoms with E-state index in [1.165, 1.54) is 0 Å². The van der Waals surface area contributed by atoms with E-state index in [2.05, 4.69) is 15.4 Å². The van der Waals surface area contributed by atoms with Crippen LogP contribution in [0.3, 0.4) is 0 Å². The summed E-state index contributed by atoms with van der Waals surface area (Å²) in [5.74, 6) is 0.626. The molecule has 0 spiro atoms. The smallest absolute Gasteiger partial charge is 0.232 e. The monoisotopic (exact) mass is 353 g/mol. The highest BCUT2D eigenvalue weighted by molar-refractivity contribution is 7.92. The molecule has 6 nitrogen and oxygen atoms in total. The minimum Gasteiger partial charge on any atom is -0.326 e. The first kappa shape index (κ1) is 18.7. The summed E-state index contributed by atoms with van der Waals surface area (Å²) in [5, 5.41) is 6.20. The third-order valence-corrected chi connectivity index (χ3v) is 5.76. The standard InChI is InChI=1S/C17H27N3O3S/c1-3-11-24(22,23)20-16-6-4-5-15(13(16)2)19-17(21)8-7-14-9-10-18-12-14/h4-6,14,18,20H,3,7-12H2,1-2H3,(H,19,21). The minimum absolute atomic E-state index is 0.0291. The molecule has 0 aromatic heterocycles. The molecule has 2 rings (SSSR count). The van der Waals surface area contributed by atoms with Crippen LogP contribution in [0.5, 0.6) is 0 Å². The van der Waals surface area contributed by atoms with Gasteiger partial charge in [-0.2, -0.15) is 0 Å². The maximum atomic E-state index is 12.2. The molecule has 134 valence electrons. The van der Waals surface area contributed by atoms with Gasteiger partial charge in [0.05, 0.1) is 11.4 Å². The molecular formula is C17H27N3O3S. The van der Waals surface area contributed by atoms with Crippen molar-refractivity contribution in [3.63, 3.8) is 0 Å². The molecule has 0 bridgehead atoms. The van der Waals surface area contributed by atoms with Crippen LogP contribution in [0.4, 0.5) is 11.4 Å². The Hall–Kier alpha value is -1.60. The van der Waals surface area contributed by atoms with Crippen molar-refractivity contribution in [1.29, 1.82) is 0 Å². The number of nitrogens with one attached hydrogen (secondary N) is 3. The topological polar surface area (TPSA) is 87.3 Å². The second-order valence-corrected chi connectivity index (χ2v) is 8.19. The summed E-state index contributed by atoms with van der Waals surface area (Å²) in [5.41, 5.74) is 1.90. The molecule has 1 aliphatic heterocycles. The quantitative estimate of drug-likeness (QED) is 0.670. The van der Waals surface area contributed by atoms with Crippen molar-refractivity contribution in [2.75, 3.05) is 28.9 Å². The van der Waals surface area contributed by atoms with Gasteiger partial charge in [0, 0.05) is 12.1 Å². The summed E-state index contributed by atoms with van der Waals surface area (Å²) in [6.45, 7) is 5.65. The number of carbonyl (C=O) groups is 1. The first-order chi connectivity index (χ1) is 11.4. The Morgan fingerprint density at radius 3 is 2.75 bits per heavy atom. The Bertz CT molecular complexity index is 668. The summed E-state index contributed by atoms with van der Waals surface area (Å²) < 4.78 is 26.5. The van der Waals surface area contributed by atoms with Crippen molar-refractivity contribution >= 4 is 27.3 Å². The van der Waals surface area contributed by atoms with Crippen LogP contribution >= 0.6 is 0 Å². The SMILES string of the molecule is CCCS(=O)(=O)Nc1cccc(NC(=O)CCC2CCNC2)c1C. The van der Waals surface area contributed by atoms with E-state index in [0.29, 0.717) is 30.1 Å². The summed E-state index contributed by atoms with van der Waals surface area (Å²) in [4.78, 5) is 12.2. The van der Waals surface area contributed by atoms with Crippen LogP contribution in [0, 0.1) is 12.8 Å². The van der Waals surface area contributed by atoms with Crippen molar-refractivity contribution in [2.24, 2.45) is 5.92 Å². The summed E-state index contributed by atoms with van der Waals surface area (Å²) in [7, 11) is -3.34. The number of carbonyl (C=O) groups excluding carboxylic acids is 1. The molecule has 1 aliphatic rings. The highest BCUT2D eigenvalue weighted by atomic mass is 32.2. The Morgan fingerprint density at radius 1 is 1.33 bits per heavy atom. The lowest BCUT2D eigenvalue weighted by Gasteiger charge is -2.15. The number of hydrogen-bond donors (Lipinski definition) is 3. The van der Waals surface area contributed by atoms with E-state index in [1.54, 1.807) is 25.1 Å². The Balaban J connectivity index is 1.97. The van der Waals surface area contributed by atoms with Crippen LogP contribution < -0.4 is 15.4 Å². The summed E-state index contributed by atoms with van der Waals surface area (Å²) >= 11 is 0. The van der Waals surface area contributed by atoms with Gasteiger partial charge in [0.2, 0.25) is 15.9 Å². The molecule has 1 atom stereocenters. The number of benzene rings is 1. The second-order valence-electron chi connectivity index (χ2n) is 6.34.